The third-order valence-electron chi connectivity index (χ3n) is 3.45. The number of carbonyl (C=O) groups is 1. The van der Waals surface area contributed by atoms with Crippen LogP contribution < -0.4 is 5.32 Å². The van der Waals surface area contributed by atoms with Gasteiger partial charge in [-0.3, -0.25) is 10.1 Å². The average Bonchev–Trinajstić information content (AvgIpc) is 2.96. The first-order valence-corrected chi connectivity index (χ1v) is 6.75. The highest BCUT2D eigenvalue weighted by atomic mass is 16.6. The van der Waals surface area contributed by atoms with E-state index < -0.39 is 10.9 Å². The summed E-state index contributed by atoms with van der Waals surface area (Å²) in [5, 5.41) is 14.3. The minimum absolute atomic E-state index is 0.0441. The summed E-state index contributed by atoms with van der Waals surface area (Å²) >= 11 is 0. The molecule has 0 spiro atoms. The van der Waals surface area contributed by atoms with Crippen LogP contribution in [0.3, 0.4) is 0 Å². The van der Waals surface area contributed by atoms with E-state index in [1.807, 2.05) is 0 Å². The standard InChI is InChI=1S/C14H18N2O5/c1-9-6-10(15-8-11-4-3-5-21-11)7-12(14(17)20-2)13(9)16(18)19/h6-7,11,15H,3-5,8H2,1-2H3/t11-/m0/s1. The van der Waals surface area contributed by atoms with Crippen molar-refractivity contribution in [3.63, 3.8) is 0 Å². The Labute approximate surface area is 122 Å². The van der Waals surface area contributed by atoms with Gasteiger partial charge in [-0.05, 0) is 31.9 Å². The Morgan fingerprint density at radius 2 is 2.33 bits per heavy atom. The summed E-state index contributed by atoms with van der Waals surface area (Å²) in [5.41, 5.74) is 0.800. The Morgan fingerprint density at radius 3 is 2.90 bits per heavy atom. The minimum atomic E-state index is -0.717. The van der Waals surface area contributed by atoms with E-state index >= 15 is 0 Å². The number of carbonyl (C=O) groups excluding carboxylic acids is 1. The van der Waals surface area contributed by atoms with Crippen LogP contribution >= 0.6 is 0 Å². The van der Waals surface area contributed by atoms with Crippen LogP contribution in [0.2, 0.25) is 0 Å². The largest absolute Gasteiger partial charge is 0.465 e. The van der Waals surface area contributed by atoms with Crippen LogP contribution in [-0.4, -0.2) is 37.3 Å². The predicted molar refractivity (Wildman–Crippen MR) is 76.6 cm³/mol. The zero-order valence-electron chi connectivity index (χ0n) is 12.0. The third-order valence-corrected chi connectivity index (χ3v) is 3.45. The summed E-state index contributed by atoms with van der Waals surface area (Å²) in [5.74, 6) is -0.717. The molecule has 7 nitrogen and oxygen atoms in total. The fraction of sp³-hybridized carbons (Fsp3) is 0.500. The lowest BCUT2D eigenvalue weighted by molar-refractivity contribution is -0.385. The normalized spacial score (nSPS) is 17.5. The van der Waals surface area contributed by atoms with Crippen molar-refractivity contribution in [1.82, 2.24) is 0 Å². The van der Waals surface area contributed by atoms with Crippen LogP contribution in [0.1, 0.15) is 28.8 Å². The number of methoxy groups -OCH3 is 1. The van der Waals surface area contributed by atoms with Gasteiger partial charge in [0.05, 0.1) is 18.1 Å². The van der Waals surface area contributed by atoms with Crippen molar-refractivity contribution in [2.24, 2.45) is 0 Å². The number of nitrogens with one attached hydrogen (secondary N) is 1. The second-order valence-electron chi connectivity index (χ2n) is 4.95. The van der Waals surface area contributed by atoms with Crippen molar-refractivity contribution in [1.29, 1.82) is 0 Å². The molecule has 1 aromatic rings. The summed E-state index contributed by atoms with van der Waals surface area (Å²) < 4.78 is 10.1. The fourth-order valence-electron chi connectivity index (χ4n) is 2.43. The van der Waals surface area contributed by atoms with Crippen molar-refractivity contribution in [3.05, 3.63) is 33.4 Å². The zero-order chi connectivity index (χ0) is 15.4. The summed E-state index contributed by atoms with van der Waals surface area (Å²) in [6.07, 6.45) is 2.17. The van der Waals surface area contributed by atoms with Gasteiger partial charge in [0, 0.05) is 24.4 Å². The van der Waals surface area contributed by atoms with E-state index in [4.69, 9.17) is 4.74 Å². The molecule has 0 unspecified atom stereocenters. The smallest absolute Gasteiger partial charge is 0.344 e. The molecule has 1 aromatic carbocycles. The first-order chi connectivity index (χ1) is 10.0. The van der Waals surface area contributed by atoms with Crippen molar-refractivity contribution in [2.45, 2.75) is 25.9 Å². The Bertz CT molecular complexity index is 553. The van der Waals surface area contributed by atoms with Crippen LogP contribution in [0.15, 0.2) is 12.1 Å². The van der Waals surface area contributed by atoms with E-state index in [0.717, 1.165) is 19.4 Å². The number of nitrogens with zero attached hydrogens (tertiary/aromatic N) is 1. The molecule has 114 valence electrons. The highest BCUT2D eigenvalue weighted by Crippen LogP contribution is 2.28. The van der Waals surface area contributed by atoms with E-state index in [0.29, 0.717) is 17.8 Å². The van der Waals surface area contributed by atoms with Crippen LogP contribution in [0.25, 0.3) is 0 Å². The highest BCUT2D eigenvalue weighted by molar-refractivity contribution is 5.95. The molecule has 0 aromatic heterocycles. The Kier molecular flexibility index (Phi) is 4.74. The topological polar surface area (TPSA) is 90.7 Å². The lowest BCUT2D eigenvalue weighted by Gasteiger charge is -2.13. The first-order valence-electron chi connectivity index (χ1n) is 6.75. The minimum Gasteiger partial charge on any atom is -0.465 e. The molecule has 0 radical (unpaired) electrons. The maximum atomic E-state index is 11.7. The number of aryl methyl sites for hydroxylation is 1. The number of ether oxygens (including phenoxy) is 2. The predicted octanol–water partition coefficient (Wildman–Crippen LogP) is 2.28. The van der Waals surface area contributed by atoms with Crippen molar-refractivity contribution in [3.8, 4) is 0 Å². The van der Waals surface area contributed by atoms with E-state index in [1.165, 1.54) is 13.2 Å². The molecule has 1 N–H and O–H groups in total. The van der Waals surface area contributed by atoms with Gasteiger partial charge in [-0.25, -0.2) is 4.79 Å². The van der Waals surface area contributed by atoms with Crippen LogP contribution in [0.4, 0.5) is 11.4 Å². The van der Waals surface area contributed by atoms with Gasteiger partial charge in [0.25, 0.3) is 5.69 Å². The summed E-state index contributed by atoms with van der Waals surface area (Å²) in [6, 6.07) is 3.10. The molecule has 0 amide bonds. The number of hydrogen-bond donors (Lipinski definition) is 1. The zero-order valence-corrected chi connectivity index (χ0v) is 12.0. The number of benzene rings is 1. The maximum absolute atomic E-state index is 11.7. The lowest BCUT2D eigenvalue weighted by Crippen LogP contribution is -2.19. The molecule has 1 fully saturated rings. The van der Waals surface area contributed by atoms with Gasteiger partial charge >= 0.3 is 5.97 Å². The van der Waals surface area contributed by atoms with Crippen LogP contribution in [-0.2, 0) is 9.47 Å². The molecule has 0 aliphatic carbocycles. The molecule has 21 heavy (non-hydrogen) atoms. The summed E-state index contributed by atoms with van der Waals surface area (Å²) in [7, 11) is 1.20. The van der Waals surface area contributed by atoms with Gasteiger partial charge in [0.2, 0.25) is 0 Å². The van der Waals surface area contributed by atoms with Crippen molar-refractivity contribution >= 4 is 17.3 Å². The van der Waals surface area contributed by atoms with Crippen molar-refractivity contribution in [2.75, 3.05) is 25.6 Å². The number of rotatable bonds is 5. The van der Waals surface area contributed by atoms with E-state index in [9.17, 15) is 14.9 Å². The molecular formula is C14H18N2O5. The Morgan fingerprint density at radius 1 is 1.57 bits per heavy atom. The molecule has 2 rings (SSSR count). The van der Waals surface area contributed by atoms with E-state index in [2.05, 4.69) is 10.1 Å². The van der Waals surface area contributed by atoms with E-state index in [-0.39, 0.29) is 17.4 Å². The number of nitro groups is 1. The fourth-order valence-corrected chi connectivity index (χ4v) is 2.43. The second-order valence-corrected chi connectivity index (χ2v) is 4.95. The maximum Gasteiger partial charge on any atom is 0.344 e. The summed E-state index contributed by atoms with van der Waals surface area (Å²) in [6.45, 7) is 2.97. The molecule has 1 saturated heterocycles. The first kappa shape index (κ1) is 15.2. The monoisotopic (exact) mass is 294 g/mol. The molecular weight excluding hydrogens is 276 g/mol. The Balaban J connectivity index is 2.24. The SMILES string of the molecule is COC(=O)c1cc(NC[C@@H]2CCCO2)cc(C)c1[N+](=O)[O-]. The van der Waals surface area contributed by atoms with Crippen LogP contribution in [0.5, 0.6) is 0 Å². The van der Waals surface area contributed by atoms with Gasteiger partial charge < -0.3 is 14.8 Å². The lowest BCUT2D eigenvalue weighted by atomic mass is 10.1. The second kappa shape index (κ2) is 6.53. The average molecular weight is 294 g/mol. The van der Waals surface area contributed by atoms with Gasteiger partial charge in [0.15, 0.2) is 0 Å². The molecule has 7 heteroatoms. The van der Waals surface area contributed by atoms with E-state index in [1.54, 1.807) is 13.0 Å². The molecule has 1 atom stereocenters. The van der Waals surface area contributed by atoms with Gasteiger partial charge in [-0.1, -0.05) is 0 Å². The number of nitro benzene ring substituents is 1. The molecule has 0 saturated carbocycles. The number of hydrogen-bond acceptors (Lipinski definition) is 6. The van der Waals surface area contributed by atoms with Gasteiger partial charge in [0.1, 0.15) is 5.56 Å². The Hall–Kier alpha value is -2.15. The van der Waals surface area contributed by atoms with Gasteiger partial charge in [-0.15, -0.1) is 0 Å². The van der Waals surface area contributed by atoms with Gasteiger partial charge in [-0.2, -0.15) is 0 Å². The number of anilines is 1. The van der Waals surface area contributed by atoms with Crippen LogP contribution in [0, 0.1) is 17.0 Å². The molecule has 1 aliphatic heterocycles. The third kappa shape index (κ3) is 3.49. The summed E-state index contributed by atoms with van der Waals surface area (Å²) in [4.78, 5) is 22.3. The highest BCUT2D eigenvalue weighted by Gasteiger charge is 2.25. The molecule has 1 heterocycles. The molecule has 0 bridgehead atoms. The quantitative estimate of drug-likeness (QED) is 0.509. The number of esters is 1. The molecule has 1 aliphatic rings. The van der Waals surface area contributed by atoms with Crippen molar-refractivity contribution < 1.29 is 19.2 Å².